The minimum Gasteiger partial charge on any atom is -0.323 e. The number of benzene rings is 1. The minimum atomic E-state index is -0.813. The molecule has 1 aliphatic heterocycles. The number of nitrogens with zero attached hydrogens (tertiary/aromatic N) is 2. The van der Waals surface area contributed by atoms with E-state index in [0.717, 1.165) is 21.1 Å². The van der Waals surface area contributed by atoms with E-state index in [9.17, 15) is 9.59 Å². The van der Waals surface area contributed by atoms with E-state index in [0.29, 0.717) is 12.3 Å². The topological polar surface area (TPSA) is 62.3 Å². The third kappa shape index (κ3) is 3.44. The molecule has 1 aliphatic rings. The second-order valence-electron chi connectivity index (χ2n) is 7.15. The maximum atomic E-state index is 12.8. The Labute approximate surface area is 152 Å². The monoisotopic (exact) mass is 357 g/mol. The number of aromatic nitrogens is 1. The first kappa shape index (κ1) is 17.6. The van der Waals surface area contributed by atoms with Gasteiger partial charge in [0.15, 0.2) is 0 Å². The van der Waals surface area contributed by atoms with E-state index in [1.807, 2.05) is 58.0 Å². The normalized spacial score (nSPS) is 20.4. The minimum absolute atomic E-state index is 0.153. The Morgan fingerprint density at radius 1 is 1.24 bits per heavy atom. The van der Waals surface area contributed by atoms with Crippen LogP contribution in [-0.4, -0.2) is 27.4 Å². The highest BCUT2D eigenvalue weighted by atomic mass is 32.1. The summed E-state index contributed by atoms with van der Waals surface area (Å²) in [5.41, 5.74) is 1.09. The van der Waals surface area contributed by atoms with Crippen molar-refractivity contribution in [3.63, 3.8) is 0 Å². The van der Waals surface area contributed by atoms with Crippen molar-refractivity contribution in [3.8, 4) is 10.6 Å². The Hall–Kier alpha value is -2.21. The van der Waals surface area contributed by atoms with Gasteiger partial charge >= 0.3 is 6.03 Å². The van der Waals surface area contributed by atoms with E-state index in [2.05, 4.69) is 10.3 Å². The summed E-state index contributed by atoms with van der Waals surface area (Å²) in [4.78, 5) is 32.0. The third-order valence-corrected chi connectivity index (χ3v) is 5.57. The quantitative estimate of drug-likeness (QED) is 0.824. The van der Waals surface area contributed by atoms with Gasteiger partial charge in [-0.3, -0.25) is 9.69 Å². The molecule has 6 heteroatoms. The predicted octanol–water partition coefficient (Wildman–Crippen LogP) is 3.98. The number of rotatable bonds is 5. The lowest BCUT2D eigenvalue weighted by molar-refractivity contribution is -0.131. The fraction of sp³-hybridized carbons (Fsp3) is 0.421. The number of imide groups is 1. The van der Waals surface area contributed by atoms with Gasteiger partial charge in [-0.1, -0.05) is 44.2 Å². The molecule has 3 amide bonds. The summed E-state index contributed by atoms with van der Waals surface area (Å²) in [6.07, 6.45) is 0.630. The van der Waals surface area contributed by atoms with Crippen LogP contribution in [0.2, 0.25) is 0 Å². The van der Waals surface area contributed by atoms with Crippen LogP contribution in [0.4, 0.5) is 4.79 Å². The van der Waals surface area contributed by atoms with Crippen LogP contribution in [-0.2, 0) is 11.3 Å². The maximum Gasteiger partial charge on any atom is 0.325 e. The average Bonchev–Trinajstić information content (AvgIpc) is 3.01. The zero-order valence-electron chi connectivity index (χ0n) is 15.0. The molecular weight excluding hydrogens is 334 g/mol. The van der Waals surface area contributed by atoms with Gasteiger partial charge in [0.05, 0.1) is 12.2 Å². The largest absolute Gasteiger partial charge is 0.325 e. The molecule has 1 saturated heterocycles. The van der Waals surface area contributed by atoms with Crippen LogP contribution < -0.4 is 5.32 Å². The number of thiazole rings is 1. The molecule has 0 spiro atoms. The zero-order valence-corrected chi connectivity index (χ0v) is 15.8. The van der Waals surface area contributed by atoms with Gasteiger partial charge < -0.3 is 5.32 Å². The van der Waals surface area contributed by atoms with E-state index < -0.39 is 5.54 Å². The summed E-state index contributed by atoms with van der Waals surface area (Å²) in [5.74, 6) is 0.171. The number of carbonyl (C=O) groups is 2. The molecule has 2 heterocycles. The molecule has 1 N–H and O–H groups in total. The van der Waals surface area contributed by atoms with Crippen molar-refractivity contribution in [1.29, 1.82) is 0 Å². The fourth-order valence-electron chi connectivity index (χ4n) is 3.27. The van der Waals surface area contributed by atoms with Crippen molar-refractivity contribution >= 4 is 23.3 Å². The van der Waals surface area contributed by atoms with E-state index in [-0.39, 0.29) is 18.5 Å². The Morgan fingerprint density at radius 3 is 2.56 bits per heavy atom. The van der Waals surface area contributed by atoms with Crippen LogP contribution in [0.15, 0.2) is 30.3 Å². The zero-order chi connectivity index (χ0) is 18.2. The lowest BCUT2D eigenvalue weighted by Crippen LogP contribution is -2.44. The number of carbonyl (C=O) groups excluding carboxylic acids is 2. The van der Waals surface area contributed by atoms with Gasteiger partial charge in [0.25, 0.3) is 5.91 Å². The summed E-state index contributed by atoms with van der Waals surface area (Å²) >= 11 is 1.53. The highest BCUT2D eigenvalue weighted by Gasteiger charge is 2.47. The van der Waals surface area contributed by atoms with Crippen LogP contribution in [0.1, 0.15) is 37.8 Å². The summed E-state index contributed by atoms with van der Waals surface area (Å²) in [5, 5.41) is 3.77. The first-order valence-corrected chi connectivity index (χ1v) is 9.27. The van der Waals surface area contributed by atoms with E-state index >= 15 is 0 Å². The van der Waals surface area contributed by atoms with Gasteiger partial charge in [0.1, 0.15) is 10.5 Å². The lowest BCUT2D eigenvalue weighted by atomic mass is 9.91. The second-order valence-corrected chi connectivity index (χ2v) is 8.23. The summed E-state index contributed by atoms with van der Waals surface area (Å²) in [6.45, 7) is 8.10. The number of hydrogen-bond acceptors (Lipinski definition) is 4. The summed E-state index contributed by atoms with van der Waals surface area (Å²) < 4.78 is 0. The van der Waals surface area contributed by atoms with Crippen molar-refractivity contribution in [3.05, 3.63) is 40.9 Å². The van der Waals surface area contributed by atoms with Crippen molar-refractivity contribution in [2.75, 3.05) is 0 Å². The molecule has 0 bridgehead atoms. The Morgan fingerprint density at radius 2 is 1.92 bits per heavy atom. The highest BCUT2D eigenvalue weighted by Crippen LogP contribution is 2.31. The SMILES string of the molecule is Cc1nc(-c2ccccc2)sc1CN1C(=O)NC(C)(CC(C)C)C1=O. The van der Waals surface area contributed by atoms with Crippen LogP contribution in [0, 0.1) is 12.8 Å². The molecule has 1 aromatic heterocycles. The molecule has 0 aliphatic carbocycles. The molecule has 5 nitrogen and oxygen atoms in total. The third-order valence-electron chi connectivity index (χ3n) is 4.38. The Kier molecular flexibility index (Phi) is 4.64. The number of hydrogen-bond donors (Lipinski definition) is 1. The molecule has 3 rings (SSSR count). The van der Waals surface area contributed by atoms with Gasteiger partial charge in [-0.2, -0.15) is 0 Å². The van der Waals surface area contributed by atoms with Crippen molar-refractivity contribution in [1.82, 2.24) is 15.2 Å². The molecule has 1 aromatic carbocycles. The van der Waals surface area contributed by atoms with Gasteiger partial charge in [-0.25, -0.2) is 9.78 Å². The van der Waals surface area contributed by atoms with E-state index in [1.165, 1.54) is 16.2 Å². The number of nitrogens with one attached hydrogen (secondary N) is 1. The summed E-state index contributed by atoms with van der Waals surface area (Å²) in [7, 11) is 0. The maximum absolute atomic E-state index is 12.8. The molecule has 2 aromatic rings. The standard InChI is InChI=1S/C19H23N3O2S/c1-12(2)10-19(4)17(23)22(18(24)21-19)11-15-13(3)20-16(25-15)14-8-6-5-7-9-14/h5-9,12H,10-11H2,1-4H3,(H,21,24). The molecule has 0 saturated carbocycles. The highest BCUT2D eigenvalue weighted by molar-refractivity contribution is 7.15. The summed E-state index contributed by atoms with van der Waals surface area (Å²) in [6, 6.07) is 9.61. The van der Waals surface area contributed by atoms with Gasteiger partial charge in [0, 0.05) is 10.4 Å². The van der Waals surface area contributed by atoms with Crippen LogP contribution in [0.25, 0.3) is 10.6 Å². The van der Waals surface area contributed by atoms with Gasteiger partial charge in [-0.05, 0) is 26.2 Å². The molecule has 1 fully saturated rings. The number of urea groups is 1. The molecule has 0 radical (unpaired) electrons. The predicted molar refractivity (Wildman–Crippen MR) is 99.2 cm³/mol. The van der Waals surface area contributed by atoms with E-state index in [4.69, 9.17) is 0 Å². The Balaban J connectivity index is 1.82. The van der Waals surface area contributed by atoms with Crippen LogP contribution >= 0.6 is 11.3 Å². The van der Waals surface area contributed by atoms with Gasteiger partial charge in [-0.15, -0.1) is 11.3 Å². The van der Waals surface area contributed by atoms with Crippen LogP contribution in [0.3, 0.4) is 0 Å². The number of aryl methyl sites for hydroxylation is 1. The first-order chi connectivity index (χ1) is 11.8. The molecule has 1 atom stereocenters. The Bertz CT molecular complexity index is 800. The van der Waals surface area contributed by atoms with Crippen molar-refractivity contribution < 1.29 is 9.59 Å². The second kappa shape index (κ2) is 6.59. The number of amides is 3. The molecule has 1 unspecified atom stereocenters. The fourth-order valence-corrected chi connectivity index (χ4v) is 4.32. The van der Waals surface area contributed by atoms with Crippen LogP contribution in [0.5, 0.6) is 0 Å². The van der Waals surface area contributed by atoms with Crippen molar-refractivity contribution in [2.45, 2.75) is 46.2 Å². The van der Waals surface area contributed by atoms with Gasteiger partial charge in [0.2, 0.25) is 0 Å². The molecule has 25 heavy (non-hydrogen) atoms. The molecule has 132 valence electrons. The average molecular weight is 357 g/mol. The first-order valence-electron chi connectivity index (χ1n) is 8.46. The smallest absolute Gasteiger partial charge is 0.323 e. The molecular formula is C19H23N3O2S. The van der Waals surface area contributed by atoms with Crippen molar-refractivity contribution in [2.24, 2.45) is 5.92 Å². The van der Waals surface area contributed by atoms with E-state index in [1.54, 1.807) is 0 Å². The lowest BCUT2D eigenvalue weighted by Gasteiger charge is -2.23.